The van der Waals surface area contributed by atoms with Crippen LogP contribution in [0.3, 0.4) is 0 Å². The van der Waals surface area contributed by atoms with Gasteiger partial charge in [-0.05, 0) is 43.7 Å². The third kappa shape index (κ3) is 2.03. The summed E-state index contributed by atoms with van der Waals surface area (Å²) in [5.74, 6) is 1.02. The molecule has 1 aliphatic rings. The molecule has 1 aromatic rings. The van der Waals surface area contributed by atoms with Crippen LogP contribution in [-0.2, 0) is 0 Å². The van der Waals surface area contributed by atoms with Crippen LogP contribution >= 0.6 is 11.8 Å². The number of nitrogens with zero attached hydrogens (tertiary/aromatic N) is 1. The van der Waals surface area contributed by atoms with Gasteiger partial charge in [0.25, 0.3) is 0 Å². The van der Waals surface area contributed by atoms with Crippen LogP contribution in [0.25, 0.3) is 0 Å². The van der Waals surface area contributed by atoms with Crippen molar-refractivity contribution in [3.63, 3.8) is 0 Å². The van der Waals surface area contributed by atoms with Crippen LogP contribution in [0.2, 0.25) is 0 Å². The van der Waals surface area contributed by atoms with E-state index in [0.29, 0.717) is 6.04 Å². The van der Waals surface area contributed by atoms with Gasteiger partial charge in [-0.3, -0.25) is 0 Å². The van der Waals surface area contributed by atoms with Gasteiger partial charge in [0.1, 0.15) is 5.82 Å². The van der Waals surface area contributed by atoms with Crippen LogP contribution in [0, 0.1) is 6.92 Å². The van der Waals surface area contributed by atoms with E-state index in [1.165, 1.54) is 18.4 Å². The Morgan fingerprint density at radius 3 is 2.93 bits per heavy atom. The summed E-state index contributed by atoms with van der Waals surface area (Å²) in [5, 5.41) is 4.26. The van der Waals surface area contributed by atoms with Crippen molar-refractivity contribution in [3.05, 3.63) is 23.9 Å². The molecule has 0 aromatic carbocycles. The van der Waals surface area contributed by atoms with E-state index >= 15 is 0 Å². The van der Waals surface area contributed by atoms with E-state index in [9.17, 15) is 0 Å². The van der Waals surface area contributed by atoms with Crippen molar-refractivity contribution >= 4 is 17.6 Å². The third-order valence-corrected chi connectivity index (χ3v) is 3.93. The highest BCUT2D eigenvalue weighted by Gasteiger charge is 2.29. The smallest absolute Gasteiger partial charge is 0.126 e. The number of nitrogens with one attached hydrogen (secondary N) is 1. The Labute approximate surface area is 89.5 Å². The Bertz CT molecular complexity index is 312. The monoisotopic (exact) mass is 208 g/mol. The van der Waals surface area contributed by atoms with Crippen LogP contribution in [0.15, 0.2) is 18.3 Å². The molecule has 2 atom stereocenters. The highest BCUT2D eigenvalue weighted by molar-refractivity contribution is 7.99. The van der Waals surface area contributed by atoms with E-state index < -0.39 is 0 Å². The first-order valence-corrected chi connectivity index (χ1v) is 6.30. The van der Waals surface area contributed by atoms with Crippen molar-refractivity contribution in [1.29, 1.82) is 0 Å². The lowest BCUT2D eigenvalue weighted by Crippen LogP contribution is -2.40. The number of pyridine rings is 1. The maximum Gasteiger partial charge on any atom is 0.126 e. The molecule has 1 aliphatic carbocycles. The van der Waals surface area contributed by atoms with Crippen LogP contribution in [0.4, 0.5) is 5.82 Å². The molecule has 0 amide bonds. The van der Waals surface area contributed by atoms with Crippen molar-refractivity contribution in [3.8, 4) is 0 Å². The number of anilines is 1. The number of aromatic nitrogens is 1. The number of hydrogen-bond acceptors (Lipinski definition) is 3. The fourth-order valence-corrected chi connectivity index (χ4v) is 2.63. The zero-order valence-corrected chi connectivity index (χ0v) is 9.47. The molecule has 1 heterocycles. The maximum absolute atomic E-state index is 4.31. The number of aryl methyl sites for hydroxylation is 1. The van der Waals surface area contributed by atoms with Crippen molar-refractivity contribution in [2.45, 2.75) is 31.1 Å². The standard InChI is InChI=1S/C11H16N2S/c1-8-5-6-12-11(7-8)13-9-3-4-10(9)14-2/h5-7,9-10H,3-4H2,1-2H3,(H,12,13). The molecule has 3 heteroatoms. The summed E-state index contributed by atoms with van der Waals surface area (Å²) in [6, 6.07) is 4.76. The summed E-state index contributed by atoms with van der Waals surface area (Å²) in [5.41, 5.74) is 1.27. The third-order valence-electron chi connectivity index (χ3n) is 2.76. The maximum atomic E-state index is 4.31. The normalized spacial score (nSPS) is 25.6. The zero-order valence-electron chi connectivity index (χ0n) is 8.66. The first-order chi connectivity index (χ1) is 6.79. The molecule has 2 nitrogen and oxygen atoms in total. The molecular formula is C11H16N2S. The molecular weight excluding hydrogens is 192 g/mol. The molecule has 1 aromatic heterocycles. The molecule has 0 saturated heterocycles. The molecule has 1 N–H and O–H groups in total. The largest absolute Gasteiger partial charge is 0.366 e. The predicted molar refractivity (Wildman–Crippen MR) is 62.9 cm³/mol. The van der Waals surface area contributed by atoms with Gasteiger partial charge in [0.15, 0.2) is 0 Å². The number of thioether (sulfide) groups is 1. The van der Waals surface area contributed by atoms with Gasteiger partial charge in [-0.15, -0.1) is 0 Å². The summed E-state index contributed by atoms with van der Waals surface area (Å²) in [6.45, 7) is 2.10. The van der Waals surface area contributed by atoms with Crippen molar-refractivity contribution in [1.82, 2.24) is 4.98 Å². The quantitative estimate of drug-likeness (QED) is 0.826. The lowest BCUT2D eigenvalue weighted by Gasteiger charge is -2.36. The predicted octanol–water partition coefficient (Wildman–Crippen LogP) is 2.70. The summed E-state index contributed by atoms with van der Waals surface area (Å²) in [7, 11) is 0. The van der Waals surface area contributed by atoms with Crippen LogP contribution in [0.5, 0.6) is 0 Å². The SMILES string of the molecule is CSC1CCC1Nc1cc(C)ccn1. The van der Waals surface area contributed by atoms with E-state index in [2.05, 4.69) is 29.5 Å². The van der Waals surface area contributed by atoms with E-state index in [1.54, 1.807) is 0 Å². The second-order valence-corrected chi connectivity index (χ2v) is 4.90. The zero-order chi connectivity index (χ0) is 9.97. The Kier molecular flexibility index (Phi) is 2.96. The summed E-state index contributed by atoms with van der Waals surface area (Å²) >= 11 is 1.95. The lowest BCUT2D eigenvalue weighted by atomic mass is 9.92. The topological polar surface area (TPSA) is 24.9 Å². The van der Waals surface area contributed by atoms with Crippen LogP contribution in [0.1, 0.15) is 18.4 Å². The Hall–Kier alpha value is -0.700. The Morgan fingerprint density at radius 1 is 1.50 bits per heavy atom. The number of rotatable bonds is 3. The van der Waals surface area contributed by atoms with Gasteiger partial charge in [0.05, 0.1) is 0 Å². The van der Waals surface area contributed by atoms with Gasteiger partial charge >= 0.3 is 0 Å². The molecule has 2 rings (SSSR count). The van der Waals surface area contributed by atoms with Gasteiger partial charge < -0.3 is 5.32 Å². The molecule has 0 spiro atoms. The molecule has 0 aliphatic heterocycles. The first-order valence-electron chi connectivity index (χ1n) is 5.01. The fourth-order valence-electron chi connectivity index (χ4n) is 1.72. The summed E-state index contributed by atoms with van der Waals surface area (Å²) in [6.07, 6.45) is 6.67. The van der Waals surface area contributed by atoms with E-state index in [0.717, 1.165) is 11.1 Å². The van der Waals surface area contributed by atoms with E-state index in [4.69, 9.17) is 0 Å². The average Bonchev–Trinajstić information content (AvgIpc) is 2.14. The lowest BCUT2D eigenvalue weighted by molar-refractivity contribution is 0.462. The Morgan fingerprint density at radius 2 is 2.36 bits per heavy atom. The second kappa shape index (κ2) is 4.22. The average molecular weight is 208 g/mol. The minimum Gasteiger partial charge on any atom is -0.366 e. The summed E-state index contributed by atoms with van der Waals surface area (Å²) < 4.78 is 0. The number of hydrogen-bond donors (Lipinski definition) is 1. The minimum atomic E-state index is 0.624. The molecule has 2 unspecified atom stereocenters. The molecule has 1 fully saturated rings. The molecule has 14 heavy (non-hydrogen) atoms. The molecule has 76 valence electrons. The van der Waals surface area contributed by atoms with E-state index in [1.807, 2.05) is 24.0 Å². The van der Waals surface area contributed by atoms with E-state index in [-0.39, 0.29) is 0 Å². The molecule has 0 bridgehead atoms. The van der Waals surface area contributed by atoms with Gasteiger partial charge in [0.2, 0.25) is 0 Å². The molecule has 0 radical (unpaired) electrons. The van der Waals surface area contributed by atoms with Crippen molar-refractivity contribution in [2.24, 2.45) is 0 Å². The first kappa shape index (κ1) is 9.84. The van der Waals surface area contributed by atoms with Crippen LogP contribution < -0.4 is 5.32 Å². The second-order valence-electron chi connectivity index (χ2n) is 3.82. The van der Waals surface area contributed by atoms with Crippen molar-refractivity contribution < 1.29 is 0 Å². The van der Waals surface area contributed by atoms with Gasteiger partial charge in [-0.25, -0.2) is 4.98 Å². The molecule has 1 saturated carbocycles. The minimum absolute atomic E-state index is 0.624. The Balaban J connectivity index is 1.97. The van der Waals surface area contributed by atoms with Crippen molar-refractivity contribution in [2.75, 3.05) is 11.6 Å². The van der Waals surface area contributed by atoms with Gasteiger partial charge in [-0.2, -0.15) is 11.8 Å². The highest BCUT2D eigenvalue weighted by atomic mass is 32.2. The van der Waals surface area contributed by atoms with Gasteiger partial charge in [0, 0.05) is 17.5 Å². The summed E-state index contributed by atoms with van der Waals surface area (Å²) in [4.78, 5) is 4.31. The highest BCUT2D eigenvalue weighted by Crippen LogP contribution is 2.32. The van der Waals surface area contributed by atoms with Gasteiger partial charge in [-0.1, -0.05) is 0 Å². The van der Waals surface area contributed by atoms with Crippen LogP contribution in [-0.4, -0.2) is 22.5 Å². The fraction of sp³-hybridized carbons (Fsp3) is 0.545.